The van der Waals surface area contributed by atoms with Gasteiger partial charge in [0.1, 0.15) is 0 Å². The van der Waals surface area contributed by atoms with Gasteiger partial charge in [-0.05, 0) is 24.6 Å². The van der Waals surface area contributed by atoms with Gasteiger partial charge in [-0.3, -0.25) is 0 Å². The number of hydrogen-bond donors (Lipinski definition) is 0. The summed E-state index contributed by atoms with van der Waals surface area (Å²) in [7, 11) is 3.65. The second kappa shape index (κ2) is 6.45. The number of ether oxygens (including phenoxy) is 1. The Morgan fingerprint density at radius 2 is 2.22 bits per heavy atom. The molecule has 0 atom stereocenters. The van der Waals surface area contributed by atoms with Crippen molar-refractivity contribution in [3.8, 4) is 6.07 Å². The quantitative estimate of drug-likeness (QED) is 0.600. The Hall–Kier alpha value is -2.28. The molecule has 0 N–H and O–H groups in total. The molecule has 4 heteroatoms. The first-order valence-corrected chi connectivity index (χ1v) is 5.64. The molecule has 0 unspecified atom stereocenters. The minimum Gasteiger partial charge on any atom is -0.462 e. The minimum absolute atomic E-state index is 0.321. The Balaban J connectivity index is 3.18. The molecule has 0 aliphatic carbocycles. The first-order chi connectivity index (χ1) is 8.58. The summed E-state index contributed by atoms with van der Waals surface area (Å²) in [5, 5.41) is 8.87. The van der Waals surface area contributed by atoms with Crippen LogP contribution in [0.3, 0.4) is 0 Å². The molecule has 0 saturated carbocycles. The van der Waals surface area contributed by atoms with Crippen molar-refractivity contribution < 1.29 is 9.53 Å². The molecule has 0 bridgehead atoms. The van der Waals surface area contributed by atoms with Gasteiger partial charge < -0.3 is 9.64 Å². The van der Waals surface area contributed by atoms with Gasteiger partial charge in [-0.1, -0.05) is 12.1 Å². The van der Waals surface area contributed by atoms with Gasteiger partial charge in [-0.2, -0.15) is 5.26 Å². The van der Waals surface area contributed by atoms with E-state index in [2.05, 4.69) is 6.07 Å². The van der Waals surface area contributed by atoms with Crippen molar-refractivity contribution in [2.45, 2.75) is 6.92 Å². The zero-order valence-electron chi connectivity index (χ0n) is 10.8. The summed E-state index contributed by atoms with van der Waals surface area (Å²) >= 11 is 0. The van der Waals surface area contributed by atoms with Gasteiger partial charge >= 0.3 is 5.97 Å². The van der Waals surface area contributed by atoms with Crippen molar-refractivity contribution >= 4 is 11.5 Å². The summed E-state index contributed by atoms with van der Waals surface area (Å²) in [4.78, 5) is 13.6. The summed E-state index contributed by atoms with van der Waals surface area (Å²) in [6, 6.07) is 8.95. The molecule has 1 aromatic carbocycles. The van der Waals surface area contributed by atoms with E-state index >= 15 is 0 Å². The minimum atomic E-state index is -0.388. The molecule has 0 saturated heterocycles. The van der Waals surface area contributed by atoms with Crippen molar-refractivity contribution in [3.05, 3.63) is 41.6 Å². The van der Waals surface area contributed by atoms with Gasteiger partial charge in [-0.15, -0.1) is 0 Å². The molecule has 0 aliphatic heterocycles. The smallest absolute Gasteiger partial charge is 0.340 e. The van der Waals surface area contributed by atoms with Crippen molar-refractivity contribution in [2.75, 3.05) is 20.7 Å². The summed E-state index contributed by atoms with van der Waals surface area (Å²) in [6.45, 7) is 2.08. The van der Waals surface area contributed by atoms with Crippen molar-refractivity contribution in [1.29, 1.82) is 5.26 Å². The van der Waals surface area contributed by atoms with Gasteiger partial charge in [0.15, 0.2) is 0 Å². The van der Waals surface area contributed by atoms with Gasteiger partial charge in [-0.25, -0.2) is 4.79 Å². The summed E-state index contributed by atoms with van der Waals surface area (Å²) in [6.07, 6.45) is 1.69. The van der Waals surface area contributed by atoms with Crippen LogP contribution in [0.15, 0.2) is 30.5 Å². The van der Waals surface area contributed by atoms with Gasteiger partial charge in [0.05, 0.1) is 23.8 Å². The molecule has 0 heterocycles. The van der Waals surface area contributed by atoms with Crippen LogP contribution in [0.25, 0.3) is 5.57 Å². The highest BCUT2D eigenvalue weighted by molar-refractivity contribution is 6.16. The molecular weight excluding hydrogens is 228 g/mol. The zero-order chi connectivity index (χ0) is 13.5. The Morgan fingerprint density at radius 1 is 1.50 bits per heavy atom. The molecule has 18 heavy (non-hydrogen) atoms. The standard InChI is InChI=1S/C14H16N2O2/c1-4-18-14(17)13(10-16(2)3)12-7-5-6-11(8-12)9-15/h5-8,10H,4H2,1-3H3/b13-10-. The predicted octanol–water partition coefficient (Wildman–Crippen LogP) is 2.02. The molecule has 4 nitrogen and oxygen atoms in total. The fourth-order valence-corrected chi connectivity index (χ4v) is 1.47. The molecule has 0 amide bonds. The van der Waals surface area contributed by atoms with Gasteiger partial charge in [0, 0.05) is 20.3 Å². The number of benzene rings is 1. The first kappa shape index (κ1) is 13.8. The third kappa shape index (κ3) is 3.63. The lowest BCUT2D eigenvalue weighted by molar-refractivity contribution is -0.136. The van der Waals surface area contributed by atoms with Crippen LogP contribution < -0.4 is 0 Å². The SMILES string of the molecule is CCOC(=O)/C(=C\N(C)C)c1cccc(C#N)c1. The molecule has 0 radical (unpaired) electrons. The number of nitrogens with zero attached hydrogens (tertiary/aromatic N) is 2. The Morgan fingerprint density at radius 3 is 2.78 bits per heavy atom. The number of rotatable bonds is 4. The number of hydrogen-bond acceptors (Lipinski definition) is 4. The number of esters is 1. The summed E-state index contributed by atoms with van der Waals surface area (Å²) in [5.74, 6) is -0.388. The summed E-state index contributed by atoms with van der Waals surface area (Å²) < 4.78 is 5.02. The van der Waals surface area contributed by atoms with Crippen LogP contribution in [0.1, 0.15) is 18.1 Å². The molecule has 1 rings (SSSR count). The van der Waals surface area contributed by atoms with E-state index < -0.39 is 0 Å². The molecule has 0 aliphatic rings. The maximum Gasteiger partial charge on any atom is 0.340 e. The average molecular weight is 244 g/mol. The molecule has 0 spiro atoms. The molecule has 0 aromatic heterocycles. The van der Waals surface area contributed by atoms with Crippen LogP contribution in [0, 0.1) is 11.3 Å². The number of carbonyl (C=O) groups is 1. The summed E-state index contributed by atoms with van der Waals surface area (Å²) in [5.41, 5.74) is 1.64. The highest BCUT2D eigenvalue weighted by atomic mass is 16.5. The van der Waals surface area contributed by atoms with Crippen LogP contribution in [0.2, 0.25) is 0 Å². The highest BCUT2D eigenvalue weighted by Gasteiger charge is 2.14. The van der Waals surface area contributed by atoms with Gasteiger partial charge in [0.2, 0.25) is 0 Å². The molecule has 1 aromatic rings. The van der Waals surface area contributed by atoms with Crippen molar-refractivity contribution in [1.82, 2.24) is 4.90 Å². The third-order valence-electron chi connectivity index (χ3n) is 2.19. The zero-order valence-corrected chi connectivity index (χ0v) is 10.8. The van der Waals surface area contributed by atoms with E-state index in [0.29, 0.717) is 23.3 Å². The van der Waals surface area contributed by atoms with E-state index in [1.54, 1.807) is 42.3 Å². The van der Waals surface area contributed by atoms with E-state index in [1.165, 1.54) is 0 Å². The van der Waals surface area contributed by atoms with Gasteiger partial charge in [0.25, 0.3) is 0 Å². The maximum absolute atomic E-state index is 11.9. The molecular formula is C14H16N2O2. The van der Waals surface area contributed by atoms with Crippen LogP contribution in [0.5, 0.6) is 0 Å². The van der Waals surface area contributed by atoms with E-state index in [0.717, 1.165) is 0 Å². The van der Waals surface area contributed by atoms with Crippen LogP contribution in [0.4, 0.5) is 0 Å². The molecule has 94 valence electrons. The number of nitriles is 1. The van der Waals surface area contributed by atoms with Crippen LogP contribution >= 0.6 is 0 Å². The Labute approximate surface area is 107 Å². The third-order valence-corrected chi connectivity index (χ3v) is 2.19. The van der Waals surface area contributed by atoms with Crippen molar-refractivity contribution in [2.24, 2.45) is 0 Å². The Bertz CT molecular complexity index is 499. The first-order valence-electron chi connectivity index (χ1n) is 5.64. The van der Waals surface area contributed by atoms with E-state index in [1.807, 2.05) is 14.1 Å². The van der Waals surface area contributed by atoms with E-state index in [9.17, 15) is 4.79 Å². The lowest BCUT2D eigenvalue weighted by Gasteiger charge is -2.11. The normalized spacial score (nSPS) is 10.7. The lowest BCUT2D eigenvalue weighted by atomic mass is 10.0. The van der Waals surface area contributed by atoms with Crippen molar-refractivity contribution in [3.63, 3.8) is 0 Å². The fraction of sp³-hybridized carbons (Fsp3) is 0.286. The van der Waals surface area contributed by atoms with Crippen LogP contribution in [-0.4, -0.2) is 31.6 Å². The fourth-order valence-electron chi connectivity index (χ4n) is 1.47. The Kier molecular flexibility index (Phi) is 4.94. The highest BCUT2D eigenvalue weighted by Crippen LogP contribution is 2.18. The van der Waals surface area contributed by atoms with E-state index in [-0.39, 0.29) is 5.97 Å². The predicted molar refractivity (Wildman–Crippen MR) is 69.5 cm³/mol. The second-order valence-electron chi connectivity index (χ2n) is 3.92. The topological polar surface area (TPSA) is 53.3 Å². The van der Waals surface area contributed by atoms with Crippen LogP contribution in [-0.2, 0) is 9.53 Å². The molecule has 0 fully saturated rings. The largest absolute Gasteiger partial charge is 0.462 e. The average Bonchev–Trinajstić information content (AvgIpc) is 2.36. The lowest BCUT2D eigenvalue weighted by Crippen LogP contribution is -2.11. The monoisotopic (exact) mass is 244 g/mol. The number of carbonyl (C=O) groups excluding carboxylic acids is 1. The second-order valence-corrected chi connectivity index (χ2v) is 3.92. The van der Waals surface area contributed by atoms with E-state index in [4.69, 9.17) is 10.00 Å². The maximum atomic E-state index is 11.9.